The molecule has 0 atom stereocenters. The number of benzene rings is 1. The molecule has 1 aromatic heterocycles. The lowest BCUT2D eigenvalue weighted by Crippen LogP contribution is -2.27. The zero-order valence-corrected chi connectivity index (χ0v) is 13.0. The summed E-state index contributed by atoms with van der Waals surface area (Å²) in [5.41, 5.74) is 7.65. The fourth-order valence-electron chi connectivity index (χ4n) is 2.12. The highest BCUT2D eigenvalue weighted by Gasteiger charge is 2.20. The minimum absolute atomic E-state index is 0.185. The van der Waals surface area contributed by atoms with E-state index >= 15 is 0 Å². The summed E-state index contributed by atoms with van der Waals surface area (Å²) in [6.07, 6.45) is 5.93. The number of nitrogens with one attached hydrogen (secondary N) is 1. The number of rotatable bonds is 6. The highest BCUT2D eigenvalue weighted by Crippen LogP contribution is 2.25. The third kappa shape index (κ3) is 3.62. The van der Waals surface area contributed by atoms with Gasteiger partial charge in [-0.1, -0.05) is 12.1 Å². The van der Waals surface area contributed by atoms with E-state index in [1.54, 1.807) is 32.4 Å². The van der Waals surface area contributed by atoms with Crippen molar-refractivity contribution in [3.8, 4) is 0 Å². The number of nitrogens with two attached hydrogens (primary N) is 1. The quantitative estimate of drug-likeness (QED) is 0.624. The molecule has 0 bridgehead atoms. The van der Waals surface area contributed by atoms with Gasteiger partial charge in [0, 0.05) is 25.5 Å². The first-order valence-corrected chi connectivity index (χ1v) is 8.21. The third-order valence-corrected chi connectivity index (χ3v) is 4.99. The van der Waals surface area contributed by atoms with Crippen LogP contribution in [-0.4, -0.2) is 24.5 Å². The molecule has 2 rings (SSSR count). The van der Waals surface area contributed by atoms with E-state index in [0.29, 0.717) is 30.8 Å². The molecule has 0 aliphatic heterocycles. The number of aromatic nitrogens is 2. The van der Waals surface area contributed by atoms with Crippen LogP contribution in [0.25, 0.3) is 0 Å². The Bertz CT molecular complexity index is 709. The standard InChI is InChI=1S/C14H20N4O2S/c1-11-4-5-12(2)14(13(11)15)21(19,20)17-6-3-8-18-9-7-16-10-18/h4-5,7,9-10,17H,3,6,8,15H2,1-2H3. The van der Waals surface area contributed by atoms with Crippen molar-refractivity contribution in [1.29, 1.82) is 0 Å². The molecule has 0 saturated heterocycles. The molecule has 7 heteroatoms. The molecule has 2 aromatic rings. The Labute approximate surface area is 125 Å². The lowest BCUT2D eigenvalue weighted by atomic mass is 10.1. The van der Waals surface area contributed by atoms with Gasteiger partial charge in [-0.15, -0.1) is 0 Å². The van der Waals surface area contributed by atoms with Crippen LogP contribution in [0.1, 0.15) is 17.5 Å². The molecular weight excluding hydrogens is 288 g/mol. The summed E-state index contributed by atoms with van der Waals surface area (Å²) in [5.74, 6) is 0. The molecule has 1 aromatic carbocycles. The van der Waals surface area contributed by atoms with Crippen molar-refractivity contribution in [2.24, 2.45) is 0 Å². The van der Waals surface area contributed by atoms with Crippen LogP contribution < -0.4 is 10.5 Å². The number of hydrogen-bond donors (Lipinski definition) is 2. The third-order valence-electron chi connectivity index (χ3n) is 3.32. The highest BCUT2D eigenvalue weighted by molar-refractivity contribution is 7.89. The predicted molar refractivity (Wildman–Crippen MR) is 82.4 cm³/mol. The molecule has 0 aliphatic rings. The number of hydrogen-bond acceptors (Lipinski definition) is 4. The first-order valence-electron chi connectivity index (χ1n) is 6.73. The summed E-state index contributed by atoms with van der Waals surface area (Å²) in [4.78, 5) is 4.12. The minimum Gasteiger partial charge on any atom is -0.397 e. The van der Waals surface area contributed by atoms with Gasteiger partial charge in [-0.2, -0.15) is 0 Å². The molecule has 6 nitrogen and oxygen atoms in total. The van der Waals surface area contributed by atoms with E-state index < -0.39 is 10.0 Å². The van der Waals surface area contributed by atoms with E-state index in [4.69, 9.17) is 5.73 Å². The molecule has 0 fully saturated rings. The summed E-state index contributed by atoms with van der Waals surface area (Å²) in [6, 6.07) is 3.59. The SMILES string of the molecule is Cc1ccc(C)c(S(=O)(=O)NCCCn2ccnc2)c1N. The first-order chi connectivity index (χ1) is 9.92. The van der Waals surface area contributed by atoms with Crippen LogP contribution in [0.15, 0.2) is 35.7 Å². The van der Waals surface area contributed by atoms with E-state index in [0.717, 1.165) is 5.56 Å². The normalized spacial score (nSPS) is 11.7. The van der Waals surface area contributed by atoms with Gasteiger partial charge in [0.1, 0.15) is 4.90 Å². The molecule has 21 heavy (non-hydrogen) atoms. The average molecular weight is 308 g/mol. The molecule has 0 radical (unpaired) electrons. The molecule has 114 valence electrons. The molecule has 0 spiro atoms. The number of sulfonamides is 1. The topological polar surface area (TPSA) is 90.0 Å². The summed E-state index contributed by atoms with van der Waals surface area (Å²) >= 11 is 0. The van der Waals surface area contributed by atoms with Gasteiger partial charge in [0.05, 0.1) is 12.0 Å². The van der Waals surface area contributed by atoms with Crippen LogP contribution in [0.4, 0.5) is 5.69 Å². The largest absolute Gasteiger partial charge is 0.397 e. The number of nitrogens with zero attached hydrogens (tertiary/aromatic N) is 2. The Morgan fingerprint density at radius 1 is 1.29 bits per heavy atom. The second kappa shape index (κ2) is 6.28. The van der Waals surface area contributed by atoms with Crippen molar-refractivity contribution >= 4 is 15.7 Å². The van der Waals surface area contributed by atoms with Gasteiger partial charge >= 0.3 is 0 Å². The van der Waals surface area contributed by atoms with Crippen LogP contribution in [0, 0.1) is 13.8 Å². The minimum atomic E-state index is -3.59. The summed E-state index contributed by atoms with van der Waals surface area (Å²) in [6.45, 7) is 4.61. The molecule has 1 heterocycles. The van der Waals surface area contributed by atoms with Gasteiger partial charge < -0.3 is 10.3 Å². The van der Waals surface area contributed by atoms with E-state index in [-0.39, 0.29) is 4.90 Å². The highest BCUT2D eigenvalue weighted by atomic mass is 32.2. The van der Waals surface area contributed by atoms with Crippen molar-refractivity contribution in [3.63, 3.8) is 0 Å². The van der Waals surface area contributed by atoms with Crippen LogP contribution >= 0.6 is 0 Å². The monoisotopic (exact) mass is 308 g/mol. The van der Waals surface area contributed by atoms with Gasteiger partial charge in [0.15, 0.2) is 0 Å². The van der Waals surface area contributed by atoms with Gasteiger partial charge in [-0.05, 0) is 31.4 Å². The molecule has 3 N–H and O–H groups in total. The fraction of sp³-hybridized carbons (Fsp3) is 0.357. The molecule has 0 aliphatic carbocycles. The van der Waals surface area contributed by atoms with E-state index in [1.165, 1.54) is 0 Å². The van der Waals surface area contributed by atoms with E-state index in [2.05, 4.69) is 9.71 Å². The second-order valence-corrected chi connectivity index (χ2v) is 6.70. The van der Waals surface area contributed by atoms with Crippen molar-refractivity contribution in [3.05, 3.63) is 42.0 Å². The van der Waals surface area contributed by atoms with Crippen molar-refractivity contribution in [2.75, 3.05) is 12.3 Å². The lowest BCUT2D eigenvalue weighted by Gasteiger charge is -2.13. The van der Waals surface area contributed by atoms with Crippen LogP contribution in [0.5, 0.6) is 0 Å². The summed E-state index contributed by atoms with van der Waals surface area (Å²) < 4.78 is 29.3. The zero-order chi connectivity index (χ0) is 15.5. The Morgan fingerprint density at radius 3 is 2.67 bits per heavy atom. The maximum absolute atomic E-state index is 12.4. The number of anilines is 1. The van der Waals surface area contributed by atoms with Crippen LogP contribution in [-0.2, 0) is 16.6 Å². The molecule has 0 amide bonds. The maximum Gasteiger partial charge on any atom is 0.242 e. The maximum atomic E-state index is 12.4. The van der Waals surface area contributed by atoms with Crippen LogP contribution in [0.2, 0.25) is 0 Å². The second-order valence-electron chi connectivity index (χ2n) is 4.99. The van der Waals surface area contributed by atoms with Gasteiger partial charge in [0.2, 0.25) is 10.0 Å². The first kappa shape index (κ1) is 15.5. The van der Waals surface area contributed by atoms with Crippen molar-refractivity contribution in [2.45, 2.75) is 31.7 Å². The van der Waals surface area contributed by atoms with Gasteiger partial charge in [0.25, 0.3) is 0 Å². The number of nitrogen functional groups attached to an aromatic ring is 1. The number of imidazole rings is 1. The molecule has 0 saturated carbocycles. The molecular formula is C14H20N4O2S. The summed E-state index contributed by atoms with van der Waals surface area (Å²) in [7, 11) is -3.59. The fourth-order valence-corrected chi connectivity index (χ4v) is 3.62. The average Bonchev–Trinajstić information content (AvgIpc) is 2.92. The van der Waals surface area contributed by atoms with Gasteiger partial charge in [-0.25, -0.2) is 18.1 Å². The molecule has 0 unspecified atom stereocenters. The smallest absolute Gasteiger partial charge is 0.242 e. The Hall–Kier alpha value is -1.86. The summed E-state index contributed by atoms with van der Waals surface area (Å²) in [5, 5.41) is 0. The lowest BCUT2D eigenvalue weighted by molar-refractivity contribution is 0.569. The van der Waals surface area contributed by atoms with Crippen molar-refractivity contribution < 1.29 is 8.42 Å². The Balaban J connectivity index is 2.04. The predicted octanol–water partition coefficient (Wildman–Crippen LogP) is 1.45. The van der Waals surface area contributed by atoms with Gasteiger partial charge in [-0.3, -0.25) is 0 Å². The van der Waals surface area contributed by atoms with E-state index in [1.807, 2.05) is 16.8 Å². The number of aryl methyl sites for hydroxylation is 3. The van der Waals surface area contributed by atoms with Crippen molar-refractivity contribution in [1.82, 2.24) is 14.3 Å². The van der Waals surface area contributed by atoms with E-state index in [9.17, 15) is 8.42 Å². The zero-order valence-electron chi connectivity index (χ0n) is 12.2. The Kier molecular flexibility index (Phi) is 4.64. The van der Waals surface area contributed by atoms with Crippen LogP contribution in [0.3, 0.4) is 0 Å². The Morgan fingerprint density at radius 2 is 2.00 bits per heavy atom.